The van der Waals surface area contributed by atoms with Crippen LogP contribution in [0.15, 0.2) is 12.1 Å². The van der Waals surface area contributed by atoms with Crippen LogP contribution in [0.1, 0.15) is 52.7 Å². The molecule has 0 saturated carbocycles. The van der Waals surface area contributed by atoms with Crippen LogP contribution < -0.4 is 4.74 Å². The maximum Gasteiger partial charge on any atom is 0.127 e. The molecular formula is C15H23FO. The van der Waals surface area contributed by atoms with Crippen molar-refractivity contribution in [2.75, 3.05) is 7.11 Å². The summed E-state index contributed by atoms with van der Waals surface area (Å²) >= 11 is 0. The third-order valence-electron chi connectivity index (χ3n) is 2.84. The normalized spacial score (nSPS) is 12.7. The minimum Gasteiger partial charge on any atom is -0.496 e. The van der Waals surface area contributed by atoms with E-state index >= 15 is 0 Å². The van der Waals surface area contributed by atoms with Crippen molar-refractivity contribution in [1.29, 1.82) is 0 Å². The van der Waals surface area contributed by atoms with Crippen molar-refractivity contribution in [2.24, 2.45) is 0 Å². The van der Waals surface area contributed by atoms with E-state index in [0.29, 0.717) is 0 Å². The summed E-state index contributed by atoms with van der Waals surface area (Å²) in [5.74, 6) is 0.618. The van der Waals surface area contributed by atoms with Crippen molar-refractivity contribution in [3.05, 3.63) is 29.1 Å². The molecule has 2 heteroatoms. The largest absolute Gasteiger partial charge is 0.496 e. The summed E-state index contributed by atoms with van der Waals surface area (Å²) in [4.78, 5) is 0. The molecule has 0 saturated heterocycles. The van der Waals surface area contributed by atoms with Crippen LogP contribution in [-0.2, 0) is 10.8 Å². The number of hydrogen-bond acceptors (Lipinski definition) is 1. The lowest BCUT2D eigenvalue weighted by Gasteiger charge is -2.31. The second kappa shape index (κ2) is 4.32. The first-order chi connectivity index (χ1) is 7.59. The van der Waals surface area contributed by atoms with Gasteiger partial charge in [-0.15, -0.1) is 0 Å². The van der Waals surface area contributed by atoms with Crippen molar-refractivity contribution in [1.82, 2.24) is 0 Å². The molecule has 96 valence electrons. The van der Waals surface area contributed by atoms with Crippen molar-refractivity contribution in [3.63, 3.8) is 0 Å². The molecule has 1 rings (SSSR count). The van der Waals surface area contributed by atoms with E-state index in [1.165, 1.54) is 6.07 Å². The quantitative estimate of drug-likeness (QED) is 0.703. The molecule has 17 heavy (non-hydrogen) atoms. The summed E-state index contributed by atoms with van der Waals surface area (Å²) in [7, 11) is 1.63. The van der Waals surface area contributed by atoms with E-state index in [2.05, 4.69) is 20.8 Å². The molecule has 0 aliphatic rings. The van der Waals surface area contributed by atoms with Crippen LogP contribution in [0.25, 0.3) is 0 Å². The highest BCUT2D eigenvalue weighted by Gasteiger charge is 2.31. The van der Waals surface area contributed by atoms with E-state index in [0.717, 1.165) is 16.9 Å². The fourth-order valence-electron chi connectivity index (χ4n) is 2.21. The van der Waals surface area contributed by atoms with Gasteiger partial charge < -0.3 is 4.74 Å². The molecule has 0 fully saturated rings. The molecule has 0 atom stereocenters. The Morgan fingerprint density at radius 3 is 1.71 bits per heavy atom. The van der Waals surface area contributed by atoms with E-state index in [1.54, 1.807) is 13.2 Å². The molecule has 0 N–H and O–H groups in total. The van der Waals surface area contributed by atoms with Gasteiger partial charge in [-0.05, 0) is 23.0 Å². The van der Waals surface area contributed by atoms with Crippen LogP contribution in [0.5, 0.6) is 5.75 Å². The third-order valence-corrected chi connectivity index (χ3v) is 2.84. The molecule has 0 aromatic heterocycles. The molecule has 0 spiro atoms. The molecule has 0 bridgehead atoms. The third kappa shape index (κ3) is 2.80. The van der Waals surface area contributed by atoms with Crippen molar-refractivity contribution < 1.29 is 9.13 Å². The smallest absolute Gasteiger partial charge is 0.127 e. The lowest BCUT2D eigenvalue weighted by atomic mass is 9.74. The predicted octanol–water partition coefficient (Wildman–Crippen LogP) is 4.43. The fourth-order valence-corrected chi connectivity index (χ4v) is 2.21. The van der Waals surface area contributed by atoms with E-state index in [1.807, 2.05) is 20.8 Å². The van der Waals surface area contributed by atoms with Crippen molar-refractivity contribution in [3.8, 4) is 5.75 Å². The average molecular weight is 238 g/mol. The van der Waals surface area contributed by atoms with Gasteiger partial charge in [-0.25, -0.2) is 4.39 Å². The van der Waals surface area contributed by atoms with Gasteiger partial charge in [-0.2, -0.15) is 0 Å². The Kier molecular flexibility index (Phi) is 3.56. The van der Waals surface area contributed by atoms with Gasteiger partial charge >= 0.3 is 0 Å². The Morgan fingerprint density at radius 2 is 1.35 bits per heavy atom. The highest BCUT2D eigenvalue weighted by atomic mass is 19.1. The van der Waals surface area contributed by atoms with Gasteiger partial charge in [-0.3, -0.25) is 0 Å². The number of benzene rings is 1. The first kappa shape index (κ1) is 14.0. The van der Waals surface area contributed by atoms with Crippen LogP contribution in [-0.4, -0.2) is 7.11 Å². The first-order valence-corrected chi connectivity index (χ1v) is 5.96. The van der Waals surface area contributed by atoms with Gasteiger partial charge in [0.25, 0.3) is 0 Å². The molecule has 0 amide bonds. The second-order valence-corrected chi connectivity index (χ2v) is 6.50. The summed E-state index contributed by atoms with van der Waals surface area (Å²) in [6.07, 6.45) is 0. The van der Waals surface area contributed by atoms with Crippen LogP contribution in [0.4, 0.5) is 4.39 Å². The molecule has 1 aromatic carbocycles. The lowest BCUT2D eigenvalue weighted by Crippen LogP contribution is -2.24. The molecule has 1 aromatic rings. The molecule has 0 aliphatic carbocycles. The standard InChI is InChI=1S/C15H23FO/c1-14(2,3)12-10(16)8-9-11(17-7)13(12)15(4,5)6/h8-9H,1-7H3. The molecular weight excluding hydrogens is 215 g/mol. The summed E-state index contributed by atoms with van der Waals surface area (Å²) in [5, 5.41) is 0. The summed E-state index contributed by atoms with van der Waals surface area (Å²) in [6.45, 7) is 12.3. The Balaban J connectivity index is 3.67. The predicted molar refractivity (Wildman–Crippen MR) is 70.4 cm³/mol. The maximum atomic E-state index is 14.1. The molecule has 1 nitrogen and oxygen atoms in total. The SMILES string of the molecule is COc1ccc(F)c(C(C)(C)C)c1C(C)(C)C. The van der Waals surface area contributed by atoms with Crippen LogP contribution in [0, 0.1) is 5.82 Å². The Morgan fingerprint density at radius 1 is 0.882 bits per heavy atom. The zero-order valence-electron chi connectivity index (χ0n) is 11.9. The zero-order valence-corrected chi connectivity index (χ0v) is 11.9. The minimum atomic E-state index is -0.235. The number of ether oxygens (including phenoxy) is 1. The summed E-state index contributed by atoms with van der Waals surface area (Å²) in [5.41, 5.74) is 1.34. The van der Waals surface area contributed by atoms with E-state index in [-0.39, 0.29) is 16.6 Å². The topological polar surface area (TPSA) is 9.23 Å². The summed E-state index contributed by atoms with van der Waals surface area (Å²) in [6, 6.07) is 3.21. The number of halogens is 1. The molecule has 0 heterocycles. The van der Waals surface area contributed by atoms with Crippen molar-refractivity contribution in [2.45, 2.75) is 52.4 Å². The number of hydrogen-bond donors (Lipinski definition) is 0. The van der Waals surface area contributed by atoms with Crippen LogP contribution in [0.3, 0.4) is 0 Å². The monoisotopic (exact) mass is 238 g/mol. The number of methoxy groups -OCH3 is 1. The summed E-state index contributed by atoms with van der Waals surface area (Å²) < 4.78 is 19.5. The van der Waals surface area contributed by atoms with Gasteiger partial charge in [0.05, 0.1) is 7.11 Å². The molecule has 0 aliphatic heterocycles. The molecule has 0 radical (unpaired) electrons. The van der Waals surface area contributed by atoms with Crippen molar-refractivity contribution >= 4 is 0 Å². The highest BCUT2D eigenvalue weighted by Crippen LogP contribution is 2.41. The van der Waals surface area contributed by atoms with Gasteiger partial charge in [0.2, 0.25) is 0 Å². The van der Waals surface area contributed by atoms with E-state index in [9.17, 15) is 4.39 Å². The van der Waals surface area contributed by atoms with Crippen LogP contribution in [0.2, 0.25) is 0 Å². The minimum absolute atomic E-state index is 0.143. The second-order valence-electron chi connectivity index (χ2n) is 6.50. The fraction of sp³-hybridized carbons (Fsp3) is 0.600. The highest BCUT2D eigenvalue weighted by molar-refractivity contribution is 5.48. The lowest BCUT2D eigenvalue weighted by molar-refractivity contribution is 0.387. The molecule has 0 unspecified atom stereocenters. The van der Waals surface area contributed by atoms with Gasteiger partial charge in [-0.1, -0.05) is 41.5 Å². The Hall–Kier alpha value is -1.05. The maximum absolute atomic E-state index is 14.1. The zero-order chi connectivity index (χ0) is 13.4. The van der Waals surface area contributed by atoms with E-state index < -0.39 is 0 Å². The number of rotatable bonds is 1. The average Bonchev–Trinajstić information content (AvgIpc) is 2.13. The Labute approximate surface area is 104 Å². The van der Waals surface area contributed by atoms with Gasteiger partial charge in [0, 0.05) is 11.1 Å². The van der Waals surface area contributed by atoms with Crippen LogP contribution >= 0.6 is 0 Å². The van der Waals surface area contributed by atoms with Gasteiger partial charge in [0.15, 0.2) is 0 Å². The first-order valence-electron chi connectivity index (χ1n) is 5.96. The Bertz CT molecular complexity index is 408. The van der Waals surface area contributed by atoms with Gasteiger partial charge in [0.1, 0.15) is 11.6 Å². The van der Waals surface area contributed by atoms with E-state index in [4.69, 9.17) is 4.74 Å².